The van der Waals surface area contributed by atoms with E-state index in [0.717, 1.165) is 10.0 Å². The van der Waals surface area contributed by atoms with E-state index in [2.05, 4.69) is 53.3 Å². The molecule has 0 amide bonds. The van der Waals surface area contributed by atoms with Gasteiger partial charge in [-0.3, -0.25) is 0 Å². The first-order valence-corrected chi connectivity index (χ1v) is 7.01. The molecular weight excluding hydrogens is 305 g/mol. The Labute approximate surface area is 122 Å². The van der Waals surface area contributed by atoms with Gasteiger partial charge in [0.2, 0.25) is 0 Å². The Bertz CT molecular complexity index is 544. The summed E-state index contributed by atoms with van der Waals surface area (Å²) in [6, 6.07) is 11.3. The summed E-state index contributed by atoms with van der Waals surface area (Å²) >= 11 is 3.44. The summed E-state index contributed by atoms with van der Waals surface area (Å²) in [7, 11) is 1.92. The van der Waals surface area contributed by atoms with Crippen LogP contribution in [0.25, 0.3) is 0 Å². The van der Waals surface area contributed by atoms with E-state index in [1.165, 1.54) is 28.8 Å². The predicted octanol–water partition coefficient (Wildman–Crippen LogP) is 4.51. The molecule has 1 atom stereocenters. The van der Waals surface area contributed by atoms with Crippen LogP contribution in [0.15, 0.2) is 40.9 Å². The highest BCUT2D eigenvalue weighted by atomic mass is 79.9. The fourth-order valence-electron chi connectivity index (χ4n) is 2.36. The van der Waals surface area contributed by atoms with E-state index in [1.807, 2.05) is 13.1 Å². The van der Waals surface area contributed by atoms with Gasteiger partial charge in [-0.1, -0.05) is 45.8 Å². The molecule has 1 unspecified atom stereocenters. The van der Waals surface area contributed by atoms with Crippen molar-refractivity contribution in [1.82, 2.24) is 5.32 Å². The second-order valence-corrected chi connectivity index (χ2v) is 5.60. The molecule has 19 heavy (non-hydrogen) atoms. The fraction of sp³-hybridized carbons (Fsp3) is 0.250. The molecule has 0 spiro atoms. The quantitative estimate of drug-likeness (QED) is 0.876. The van der Waals surface area contributed by atoms with Crippen molar-refractivity contribution in [1.29, 1.82) is 0 Å². The first-order chi connectivity index (χ1) is 9.02. The van der Waals surface area contributed by atoms with Crippen LogP contribution < -0.4 is 5.32 Å². The molecule has 0 bridgehead atoms. The van der Waals surface area contributed by atoms with E-state index < -0.39 is 0 Å². The minimum Gasteiger partial charge on any atom is -0.309 e. The number of nitrogens with one attached hydrogen (secondary N) is 1. The van der Waals surface area contributed by atoms with Crippen LogP contribution in [0.4, 0.5) is 4.39 Å². The molecule has 1 nitrogen and oxygen atoms in total. The van der Waals surface area contributed by atoms with E-state index in [1.54, 1.807) is 0 Å². The van der Waals surface area contributed by atoms with Gasteiger partial charge in [0.25, 0.3) is 0 Å². The molecule has 2 aromatic rings. The Balaban J connectivity index is 2.50. The van der Waals surface area contributed by atoms with Gasteiger partial charge in [-0.05, 0) is 49.7 Å². The maximum atomic E-state index is 13.2. The summed E-state index contributed by atoms with van der Waals surface area (Å²) in [5.74, 6) is -0.230. The lowest BCUT2D eigenvalue weighted by molar-refractivity contribution is 0.621. The van der Waals surface area contributed by atoms with Crippen LogP contribution in [0.5, 0.6) is 0 Å². The van der Waals surface area contributed by atoms with Crippen LogP contribution in [-0.2, 0) is 0 Å². The molecule has 0 radical (unpaired) electrons. The normalized spacial score (nSPS) is 12.5. The Hall–Kier alpha value is -1.19. The van der Waals surface area contributed by atoms with Crippen molar-refractivity contribution in [3.8, 4) is 0 Å². The average Bonchev–Trinajstić information content (AvgIpc) is 2.34. The predicted molar refractivity (Wildman–Crippen MR) is 80.9 cm³/mol. The van der Waals surface area contributed by atoms with Crippen molar-refractivity contribution >= 4 is 15.9 Å². The van der Waals surface area contributed by atoms with Crippen LogP contribution in [-0.4, -0.2) is 7.05 Å². The largest absolute Gasteiger partial charge is 0.309 e. The van der Waals surface area contributed by atoms with Gasteiger partial charge in [0.1, 0.15) is 5.82 Å². The zero-order valence-electron chi connectivity index (χ0n) is 11.3. The van der Waals surface area contributed by atoms with Crippen LogP contribution in [0.3, 0.4) is 0 Å². The van der Waals surface area contributed by atoms with Gasteiger partial charge in [0.05, 0.1) is 6.04 Å². The number of hydrogen-bond acceptors (Lipinski definition) is 1. The summed E-state index contributed by atoms with van der Waals surface area (Å²) in [5, 5.41) is 3.30. The van der Waals surface area contributed by atoms with Crippen molar-refractivity contribution in [3.05, 3.63) is 68.9 Å². The minimum atomic E-state index is -0.230. The van der Waals surface area contributed by atoms with Gasteiger partial charge < -0.3 is 5.32 Å². The average molecular weight is 322 g/mol. The maximum Gasteiger partial charge on any atom is 0.124 e. The van der Waals surface area contributed by atoms with Gasteiger partial charge in [-0.2, -0.15) is 0 Å². The third-order valence-corrected chi connectivity index (χ3v) is 3.99. The Morgan fingerprint density at radius 1 is 1.05 bits per heavy atom. The molecule has 3 heteroatoms. The van der Waals surface area contributed by atoms with Crippen LogP contribution in [0, 0.1) is 19.7 Å². The third-order valence-electron chi connectivity index (χ3n) is 3.30. The monoisotopic (exact) mass is 321 g/mol. The van der Waals surface area contributed by atoms with E-state index >= 15 is 0 Å². The molecule has 0 saturated heterocycles. The lowest BCUT2D eigenvalue weighted by Gasteiger charge is -2.21. The van der Waals surface area contributed by atoms with E-state index in [4.69, 9.17) is 0 Å². The lowest BCUT2D eigenvalue weighted by atomic mass is 9.94. The molecule has 2 rings (SSSR count). The van der Waals surface area contributed by atoms with E-state index in [0.29, 0.717) is 0 Å². The van der Waals surface area contributed by atoms with Crippen molar-refractivity contribution in [2.75, 3.05) is 7.05 Å². The summed E-state index contributed by atoms with van der Waals surface area (Å²) in [6.45, 7) is 4.18. The lowest BCUT2D eigenvalue weighted by Crippen LogP contribution is -2.19. The van der Waals surface area contributed by atoms with Gasteiger partial charge >= 0.3 is 0 Å². The van der Waals surface area contributed by atoms with Crippen LogP contribution >= 0.6 is 15.9 Å². The third kappa shape index (κ3) is 3.04. The van der Waals surface area contributed by atoms with Crippen molar-refractivity contribution in [2.45, 2.75) is 19.9 Å². The zero-order valence-corrected chi connectivity index (χ0v) is 12.9. The van der Waals surface area contributed by atoms with E-state index in [9.17, 15) is 4.39 Å². The summed E-state index contributed by atoms with van der Waals surface area (Å²) in [5.41, 5.74) is 4.72. The maximum absolute atomic E-state index is 13.2. The standard InChI is InChI=1S/C16H17BrFN/c1-10-4-6-13(11(2)8-10)16(19-3)14-7-5-12(18)9-15(14)17/h4-9,16,19H,1-3H3. The molecule has 0 aliphatic heterocycles. The highest BCUT2D eigenvalue weighted by molar-refractivity contribution is 9.10. The van der Waals surface area contributed by atoms with Crippen LogP contribution in [0.1, 0.15) is 28.3 Å². The second kappa shape index (κ2) is 5.85. The molecule has 0 aromatic heterocycles. The number of benzene rings is 2. The topological polar surface area (TPSA) is 12.0 Å². The SMILES string of the molecule is CNC(c1ccc(C)cc1C)c1ccc(F)cc1Br. The molecule has 0 aliphatic rings. The molecule has 0 aliphatic carbocycles. The summed E-state index contributed by atoms with van der Waals surface area (Å²) in [4.78, 5) is 0. The molecule has 0 fully saturated rings. The zero-order chi connectivity index (χ0) is 14.0. The van der Waals surface area contributed by atoms with Crippen molar-refractivity contribution < 1.29 is 4.39 Å². The second-order valence-electron chi connectivity index (χ2n) is 4.75. The first kappa shape index (κ1) is 14.2. The van der Waals surface area contributed by atoms with Gasteiger partial charge in [0, 0.05) is 4.47 Å². The highest BCUT2D eigenvalue weighted by Crippen LogP contribution is 2.30. The molecular formula is C16H17BrFN. The first-order valence-electron chi connectivity index (χ1n) is 6.22. The Morgan fingerprint density at radius 3 is 2.32 bits per heavy atom. The minimum absolute atomic E-state index is 0.0515. The van der Waals surface area contributed by atoms with Crippen molar-refractivity contribution in [3.63, 3.8) is 0 Å². The molecule has 2 aromatic carbocycles. The molecule has 100 valence electrons. The van der Waals surface area contributed by atoms with Gasteiger partial charge in [0.15, 0.2) is 0 Å². The number of hydrogen-bond donors (Lipinski definition) is 1. The highest BCUT2D eigenvalue weighted by Gasteiger charge is 2.17. The smallest absolute Gasteiger partial charge is 0.124 e. The summed E-state index contributed by atoms with van der Waals surface area (Å²) < 4.78 is 14.0. The van der Waals surface area contributed by atoms with Crippen molar-refractivity contribution in [2.24, 2.45) is 0 Å². The molecule has 1 N–H and O–H groups in total. The van der Waals surface area contributed by atoms with E-state index in [-0.39, 0.29) is 11.9 Å². The Morgan fingerprint density at radius 2 is 1.74 bits per heavy atom. The fourth-order valence-corrected chi connectivity index (χ4v) is 2.94. The number of aryl methyl sites for hydroxylation is 2. The Kier molecular flexibility index (Phi) is 4.38. The number of halogens is 2. The summed E-state index contributed by atoms with van der Waals surface area (Å²) in [6.07, 6.45) is 0. The van der Waals surface area contributed by atoms with Gasteiger partial charge in [-0.15, -0.1) is 0 Å². The van der Waals surface area contributed by atoms with Crippen LogP contribution in [0.2, 0.25) is 0 Å². The number of rotatable bonds is 3. The van der Waals surface area contributed by atoms with Gasteiger partial charge in [-0.25, -0.2) is 4.39 Å². The molecule has 0 heterocycles. The molecule has 0 saturated carbocycles.